The molecule has 0 fully saturated rings. The summed E-state index contributed by atoms with van der Waals surface area (Å²) in [5, 5.41) is 14.9. The van der Waals surface area contributed by atoms with Crippen molar-refractivity contribution in [2.24, 2.45) is 0 Å². The maximum absolute atomic E-state index is 10.6. The van der Waals surface area contributed by atoms with Crippen molar-refractivity contribution >= 4 is 23.4 Å². The zero-order chi connectivity index (χ0) is 14.8. The van der Waals surface area contributed by atoms with Gasteiger partial charge in [0.25, 0.3) is 5.89 Å². The fraction of sp³-hybridized carbons (Fsp3) is 0. The van der Waals surface area contributed by atoms with Crippen LogP contribution in [-0.4, -0.2) is 21.3 Å². The third kappa shape index (κ3) is 2.72. The van der Waals surface area contributed by atoms with Crippen LogP contribution in [0.2, 0.25) is 5.02 Å². The van der Waals surface area contributed by atoms with E-state index in [2.05, 4.69) is 15.5 Å². The smallest absolute Gasteiger partial charge is 0.409 e. The third-order valence-corrected chi connectivity index (χ3v) is 2.93. The highest BCUT2D eigenvalue weighted by Crippen LogP contribution is 2.30. The minimum atomic E-state index is -1.17. The molecular weight excluding hydrogens is 298 g/mol. The maximum Gasteiger partial charge on any atom is 0.409 e. The highest BCUT2D eigenvalue weighted by molar-refractivity contribution is 6.33. The molecule has 106 valence electrons. The van der Waals surface area contributed by atoms with E-state index < -0.39 is 6.09 Å². The third-order valence-electron chi connectivity index (χ3n) is 2.62. The van der Waals surface area contributed by atoms with Crippen LogP contribution in [0, 0.1) is 0 Å². The Morgan fingerprint density at radius 1 is 1.33 bits per heavy atom. The van der Waals surface area contributed by atoms with Gasteiger partial charge in [-0.05, 0) is 30.3 Å². The van der Waals surface area contributed by atoms with E-state index in [0.29, 0.717) is 22.8 Å². The van der Waals surface area contributed by atoms with Crippen LogP contribution in [0.25, 0.3) is 23.0 Å². The predicted octanol–water partition coefficient (Wildman–Crippen LogP) is 3.74. The van der Waals surface area contributed by atoms with E-state index in [1.807, 2.05) is 0 Å². The zero-order valence-electron chi connectivity index (χ0n) is 10.4. The normalized spacial score (nSPS) is 10.5. The molecule has 21 heavy (non-hydrogen) atoms. The average Bonchev–Trinajstić information content (AvgIpc) is 3.09. The summed E-state index contributed by atoms with van der Waals surface area (Å²) in [5.41, 5.74) is 0.847. The number of carboxylic acid groups (broad SMARTS) is 1. The Morgan fingerprint density at radius 2 is 2.19 bits per heavy atom. The molecule has 0 saturated carbocycles. The second-order valence-corrected chi connectivity index (χ2v) is 4.43. The number of hydrogen-bond donors (Lipinski definition) is 2. The van der Waals surface area contributed by atoms with Crippen molar-refractivity contribution in [2.75, 3.05) is 5.32 Å². The van der Waals surface area contributed by atoms with Crippen molar-refractivity contribution in [1.29, 1.82) is 0 Å². The van der Waals surface area contributed by atoms with Crippen LogP contribution >= 0.6 is 11.6 Å². The minimum absolute atomic E-state index is 0.216. The van der Waals surface area contributed by atoms with Gasteiger partial charge in [0, 0.05) is 5.69 Å². The monoisotopic (exact) mass is 305 g/mol. The van der Waals surface area contributed by atoms with Crippen LogP contribution in [0.1, 0.15) is 0 Å². The van der Waals surface area contributed by atoms with Gasteiger partial charge < -0.3 is 14.0 Å². The Hall–Kier alpha value is -2.80. The van der Waals surface area contributed by atoms with Gasteiger partial charge in [-0.25, -0.2) is 4.79 Å². The Balaban J connectivity index is 1.92. The first-order chi connectivity index (χ1) is 10.1. The number of benzene rings is 1. The number of furan rings is 1. The van der Waals surface area contributed by atoms with E-state index in [1.54, 1.807) is 24.3 Å². The predicted molar refractivity (Wildman–Crippen MR) is 74.1 cm³/mol. The molecule has 1 aromatic carbocycles. The summed E-state index contributed by atoms with van der Waals surface area (Å²) in [6.07, 6.45) is 0.335. The highest BCUT2D eigenvalue weighted by atomic mass is 35.5. The van der Waals surface area contributed by atoms with Crippen molar-refractivity contribution in [3.8, 4) is 23.0 Å². The second kappa shape index (κ2) is 5.29. The van der Waals surface area contributed by atoms with E-state index in [0.717, 1.165) is 0 Å². The van der Waals surface area contributed by atoms with Crippen LogP contribution < -0.4 is 5.32 Å². The van der Waals surface area contributed by atoms with E-state index in [9.17, 15) is 4.79 Å². The number of rotatable bonds is 3. The topological polar surface area (TPSA) is 101 Å². The summed E-state index contributed by atoms with van der Waals surface area (Å²) in [6.45, 7) is 0. The van der Waals surface area contributed by atoms with Gasteiger partial charge in [0.1, 0.15) is 0 Å². The van der Waals surface area contributed by atoms with E-state index in [-0.39, 0.29) is 10.9 Å². The van der Waals surface area contributed by atoms with Crippen LogP contribution in [0.3, 0.4) is 0 Å². The molecule has 0 aliphatic heterocycles. The van der Waals surface area contributed by atoms with Gasteiger partial charge >= 0.3 is 6.09 Å². The van der Waals surface area contributed by atoms with E-state index in [1.165, 1.54) is 12.3 Å². The quantitative estimate of drug-likeness (QED) is 0.764. The molecule has 0 unspecified atom stereocenters. The Labute approximate surface area is 123 Å². The Morgan fingerprint density at radius 3 is 2.86 bits per heavy atom. The summed E-state index contributed by atoms with van der Waals surface area (Å²) in [6, 6.07) is 8.02. The summed E-state index contributed by atoms with van der Waals surface area (Å²) in [4.78, 5) is 14.7. The first kappa shape index (κ1) is 13.2. The maximum atomic E-state index is 10.6. The van der Waals surface area contributed by atoms with Gasteiger partial charge in [-0.3, -0.25) is 5.32 Å². The Bertz CT molecular complexity index is 783. The molecule has 0 bridgehead atoms. The fourth-order valence-corrected chi connectivity index (χ4v) is 1.99. The zero-order valence-corrected chi connectivity index (χ0v) is 11.2. The first-order valence-corrected chi connectivity index (χ1v) is 6.19. The van der Waals surface area contributed by atoms with E-state index >= 15 is 0 Å². The van der Waals surface area contributed by atoms with Gasteiger partial charge in [0.15, 0.2) is 5.76 Å². The molecule has 0 radical (unpaired) electrons. The van der Waals surface area contributed by atoms with Gasteiger partial charge in [0.05, 0.1) is 16.8 Å². The summed E-state index contributed by atoms with van der Waals surface area (Å²) in [7, 11) is 0. The molecule has 1 amide bonds. The molecule has 2 N–H and O–H groups in total. The number of halogens is 1. The molecule has 2 aromatic heterocycles. The lowest BCUT2D eigenvalue weighted by atomic mass is 10.2. The molecule has 0 aliphatic carbocycles. The van der Waals surface area contributed by atoms with Gasteiger partial charge in [-0.15, -0.1) is 0 Å². The van der Waals surface area contributed by atoms with Gasteiger partial charge in [-0.2, -0.15) is 4.98 Å². The number of nitrogens with zero attached hydrogens (tertiary/aromatic N) is 2. The molecule has 2 heterocycles. The Kier molecular flexibility index (Phi) is 3.33. The number of aromatic nitrogens is 2. The van der Waals surface area contributed by atoms with Crippen LogP contribution in [0.5, 0.6) is 0 Å². The molecule has 3 rings (SSSR count). The van der Waals surface area contributed by atoms with Crippen LogP contribution in [0.4, 0.5) is 10.5 Å². The summed E-state index contributed by atoms with van der Waals surface area (Å²) >= 11 is 6.10. The lowest BCUT2D eigenvalue weighted by molar-refractivity contribution is 0.210. The van der Waals surface area contributed by atoms with E-state index in [4.69, 9.17) is 25.6 Å². The van der Waals surface area contributed by atoms with Gasteiger partial charge in [-0.1, -0.05) is 16.8 Å². The second-order valence-electron chi connectivity index (χ2n) is 4.03. The van der Waals surface area contributed by atoms with Crippen molar-refractivity contribution in [1.82, 2.24) is 10.1 Å². The van der Waals surface area contributed by atoms with Crippen LogP contribution in [-0.2, 0) is 0 Å². The highest BCUT2D eigenvalue weighted by Gasteiger charge is 2.15. The number of amides is 1. The van der Waals surface area contributed by atoms with Crippen molar-refractivity contribution < 1.29 is 18.8 Å². The first-order valence-electron chi connectivity index (χ1n) is 5.81. The number of carbonyl (C=O) groups is 1. The van der Waals surface area contributed by atoms with Crippen LogP contribution in [0.15, 0.2) is 45.5 Å². The average molecular weight is 306 g/mol. The lowest BCUT2D eigenvalue weighted by Gasteiger charge is -2.03. The minimum Gasteiger partial charge on any atom is -0.465 e. The molecular formula is C13H8ClN3O4. The standard InChI is InChI=1S/C13H8ClN3O4/c14-9-6-7(15-13(18)19)3-4-8(9)12-16-11(17-21-12)10-2-1-5-20-10/h1-6,15H,(H,18,19). The molecule has 0 saturated heterocycles. The van der Waals surface area contributed by atoms with Crippen molar-refractivity contribution in [3.05, 3.63) is 41.6 Å². The van der Waals surface area contributed by atoms with Crippen molar-refractivity contribution in [3.63, 3.8) is 0 Å². The summed E-state index contributed by atoms with van der Waals surface area (Å²) in [5.74, 6) is 0.998. The molecule has 0 spiro atoms. The molecule has 7 nitrogen and oxygen atoms in total. The summed E-state index contributed by atoms with van der Waals surface area (Å²) < 4.78 is 10.3. The van der Waals surface area contributed by atoms with Crippen molar-refractivity contribution in [2.45, 2.75) is 0 Å². The lowest BCUT2D eigenvalue weighted by Crippen LogP contribution is -2.06. The SMILES string of the molecule is O=C(O)Nc1ccc(-c2nc(-c3ccco3)no2)c(Cl)c1. The largest absolute Gasteiger partial charge is 0.465 e. The molecule has 0 atom stereocenters. The molecule has 8 heteroatoms. The molecule has 3 aromatic rings. The number of nitrogens with one attached hydrogen (secondary N) is 1. The molecule has 0 aliphatic rings. The fourth-order valence-electron chi connectivity index (χ4n) is 1.73. The number of anilines is 1. The van der Waals surface area contributed by atoms with Gasteiger partial charge in [0.2, 0.25) is 5.82 Å². The number of hydrogen-bond acceptors (Lipinski definition) is 5.